The van der Waals surface area contributed by atoms with E-state index in [9.17, 15) is 9.59 Å². The molecule has 0 N–H and O–H groups in total. The molecule has 0 aliphatic heterocycles. The molecule has 3 rings (SSSR count). The largest absolute Gasteiger partial charge is 0.493 e. The van der Waals surface area contributed by atoms with Crippen molar-refractivity contribution >= 4 is 12.3 Å². The lowest BCUT2D eigenvalue weighted by molar-refractivity contribution is -0.128. The Morgan fingerprint density at radius 2 is 1.41 bits per heavy atom. The minimum atomic E-state index is -0.745. The van der Waals surface area contributed by atoms with Crippen LogP contribution in [0.25, 0.3) is 0 Å². The molecule has 0 bridgehead atoms. The summed E-state index contributed by atoms with van der Waals surface area (Å²) in [5.41, 5.74) is 1.38. The second-order valence-electron chi connectivity index (χ2n) is 6.28. The van der Waals surface area contributed by atoms with Crippen LogP contribution in [0.15, 0.2) is 84.9 Å². The molecule has 5 nitrogen and oxygen atoms in total. The predicted molar refractivity (Wildman–Crippen MR) is 109 cm³/mol. The lowest BCUT2D eigenvalue weighted by Gasteiger charge is -2.19. The highest BCUT2D eigenvalue weighted by Gasteiger charge is 2.24. The molecule has 29 heavy (non-hydrogen) atoms. The molecule has 0 amide bonds. The first-order valence-corrected chi connectivity index (χ1v) is 9.37. The maximum atomic E-state index is 13.1. The molecule has 3 aromatic rings. The maximum Gasteiger partial charge on any atom is 0.293 e. The van der Waals surface area contributed by atoms with E-state index < -0.39 is 6.10 Å². The van der Waals surface area contributed by atoms with Gasteiger partial charge in [0.15, 0.2) is 6.10 Å². The Bertz CT molecular complexity index is 892. The second kappa shape index (κ2) is 10.7. The Morgan fingerprint density at radius 1 is 0.793 bits per heavy atom. The van der Waals surface area contributed by atoms with Crippen molar-refractivity contribution in [3.63, 3.8) is 0 Å². The highest BCUT2D eigenvalue weighted by atomic mass is 16.5. The Kier molecular flexibility index (Phi) is 7.41. The molecule has 0 spiro atoms. The summed E-state index contributed by atoms with van der Waals surface area (Å²) in [6, 6.07) is 25.6. The van der Waals surface area contributed by atoms with Crippen LogP contribution >= 0.6 is 0 Å². The van der Waals surface area contributed by atoms with E-state index in [2.05, 4.69) is 4.74 Å². The van der Waals surface area contributed by atoms with Crippen molar-refractivity contribution in [3.05, 3.63) is 96.1 Å². The monoisotopic (exact) mass is 390 g/mol. The summed E-state index contributed by atoms with van der Waals surface area (Å²) >= 11 is 0. The number of rotatable bonds is 11. The Balaban J connectivity index is 1.69. The van der Waals surface area contributed by atoms with Crippen molar-refractivity contribution < 1.29 is 23.8 Å². The Labute approximate surface area is 169 Å². The SMILES string of the molecule is O=COCCCOc1ccc(OC(C(=O)c2ccccc2)c2ccccc2)cc1. The molecular formula is C24H22O5. The van der Waals surface area contributed by atoms with Crippen LogP contribution in [0.5, 0.6) is 11.5 Å². The summed E-state index contributed by atoms with van der Waals surface area (Å²) in [7, 11) is 0. The van der Waals surface area contributed by atoms with Gasteiger partial charge < -0.3 is 14.2 Å². The summed E-state index contributed by atoms with van der Waals surface area (Å²) in [4.78, 5) is 23.2. The van der Waals surface area contributed by atoms with Gasteiger partial charge in [0.2, 0.25) is 5.78 Å². The standard InChI is InChI=1S/C24H22O5/c25-18-27-16-7-17-28-21-12-14-22(15-13-21)29-24(20-10-5-2-6-11-20)23(26)19-8-3-1-4-9-19/h1-6,8-15,18,24H,7,16-17H2. The van der Waals surface area contributed by atoms with Crippen LogP contribution in [0.3, 0.4) is 0 Å². The van der Waals surface area contributed by atoms with Gasteiger partial charge in [0.25, 0.3) is 6.47 Å². The quantitative estimate of drug-likeness (QED) is 0.271. The Hall–Kier alpha value is -3.60. The van der Waals surface area contributed by atoms with E-state index in [0.29, 0.717) is 43.2 Å². The molecule has 148 valence electrons. The van der Waals surface area contributed by atoms with Crippen molar-refractivity contribution in [1.29, 1.82) is 0 Å². The lowest BCUT2D eigenvalue weighted by atomic mass is 10.00. The fourth-order valence-corrected chi connectivity index (χ4v) is 2.79. The van der Waals surface area contributed by atoms with Crippen molar-refractivity contribution in [2.45, 2.75) is 12.5 Å². The van der Waals surface area contributed by atoms with Crippen LogP contribution in [-0.2, 0) is 9.53 Å². The number of hydrogen-bond acceptors (Lipinski definition) is 5. The van der Waals surface area contributed by atoms with Crippen molar-refractivity contribution in [2.24, 2.45) is 0 Å². The van der Waals surface area contributed by atoms with Gasteiger partial charge in [0.1, 0.15) is 11.5 Å². The van der Waals surface area contributed by atoms with E-state index >= 15 is 0 Å². The topological polar surface area (TPSA) is 61.8 Å². The van der Waals surface area contributed by atoms with E-state index in [0.717, 1.165) is 5.56 Å². The summed E-state index contributed by atoms with van der Waals surface area (Å²) in [5, 5.41) is 0. The fraction of sp³-hybridized carbons (Fsp3) is 0.167. The molecule has 0 fully saturated rings. The van der Waals surface area contributed by atoms with E-state index in [4.69, 9.17) is 9.47 Å². The highest BCUT2D eigenvalue weighted by Crippen LogP contribution is 2.27. The van der Waals surface area contributed by atoms with Gasteiger partial charge in [0, 0.05) is 17.5 Å². The highest BCUT2D eigenvalue weighted by molar-refractivity contribution is 6.00. The van der Waals surface area contributed by atoms with Crippen LogP contribution in [0.1, 0.15) is 28.4 Å². The molecule has 0 aromatic heterocycles. The predicted octanol–water partition coefficient (Wildman–Crippen LogP) is 4.63. The first-order chi connectivity index (χ1) is 14.3. The minimum absolute atomic E-state index is 0.104. The van der Waals surface area contributed by atoms with Crippen LogP contribution in [0.4, 0.5) is 0 Å². The van der Waals surface area contributed by atoms with Gasteiger partial charge in [0.05, 0.1) is 13.2 Å². The number of Topliss-reactive ketones (excluding diaryl/α,β-unsaturated/α-hetero) is 1. The third-order valence-electron chi connectivity index (χ3n) is 4.22. The number of carbonyl (C=O) groups is 2. The van der Waals surface area contributed by atoms with Crippen LogP contribution in [-0.4, -0.2) is 25.5 Å². The lowest BCUT2D eigenvalue weighted by Crippen LogP contribution is -2.19. The van der Waals surface area contributed by atoms with Gasteiger partial charge in [-0.15, -0.1) is 0 Å². The average Bonchev–Trinajstić information content (AvgIpc) is 2.79. The number of benzene rings is 3. The number of carbonyl (C=O) groups excluding carboxylic acids is 2. The van der Waals surface area contributed by atoms with Gasteiger partial charge in [-0.05, 0) is 24.3 Å². The molecule has 0 saturated heterocycles. The zero-order valence-corrected chi connectivity index (χ0v) is 15.9. The molecule has 0 radical (unpaired) electrons. The zero-order chi connectivity index (χ0) is 20.3. The number of ketones is 1. The molecule has 0 aliphatic rings. The van der Waals surface area contributed by atoms with Gasteiger partial charge in [-0.25, -0.2) is 0 Å². The molecule has 1 atom stereocenters. The fourth-order valence-electron chi connectivity index (χ4n) is 2.79. The third kappa shape index (κ3) is 5.94. The first-order valence-electron chi connectivity index (χ1n) is 9.37. The van der Waals surface area contributed by atoms with Gasteiger partial charge in [-0.3, -0.25) is 9.59 Å². The van der Waals surface area contributed by atoms with E-state index in [1.165, 1.54) is 0 Å². The van der Waals surface area contributed by atoms with Crippen LogP contribution in [0, 0.1) is 0 Å². The third-order valence-corrected chi connectivity index (χ3v) is 4.22. The number of ether oxygens (including phenoxy) is 3. The molecule has 0 heterocycles. The summed E-state index contributed by atoms with van der Waals surface area (Å²) < 4.78 is 16.3. The van der Waals surface area contributed by atoms with Gasteiger partial charge in [-0.2, -0.15) is 0 Å². The second-order valence-corrected chi connectivity index (χ2v) is 6.28. The summed E-state index contributed by atoms with van der Waals surface area (Å²) in [5.74, 6) is 1.14. The smallest absolute Gasteiger partial charge is 0.293 e. The van der Waals surface area contributed by atoms with Gasteiger partial charge >= 0.3 is 0 Å². The molecular weight excluding hydrogens is 368 g/mol. The van der Waals surface area contributed by atoms with Crippen molar-refractivity contribution in [1.82, 2.24) is 0 Å². The number of hydrogen-bond donors (Lipinski definition) is 0. The maximum absolute atomic E-state index is 13.1. The van der Waals surface area contributed by atoms with E-state index in [1.807, 2.05) is 48.5 Å². The van der Waals surface area contributed by atoms with Crippen LogP contribution < -0.4 is 9.47 Å². The summed E-state index contributed by atoms with van der Waals surface area (Å²) in [6.07, 6.45) is -0.135. The van der Waals surface area contributed by atoms with Crippen LogP contribution in [0.2, 0.25) is 0 Å². The van der Waals surface area contributed by atoms with E-state index in [1.54, 1.807) is 36.4 Å². The van der Waals surface area contributed by atoms with Crippen molar-refractivity contribution in [3.8, 4) is 11.5 Å². The molecule has 3 aromatic carbocycles. The van der Waals surface area contributed by atoms with Gasteiger partial charge in [-0.1, -0.05) is 60.7 Å². The Morgan fingerprint density at radius 3 is 2.07 bits per heavy atom. The zero-order valence-electron chi connectivity index (χ0n) is 15.9. The first kappa shape index (κ1) is 20.1. The van der Waals surface area contributed by atoms with Crippen molar-refractivity contribution in [2.75, 3.05) is 13.2 Å². The molecule has 5 heteroatoms. The molecule has 0 aliphatic carbocycles. The normalized spacial score (nSPS) is 11.3. The molecule has 1 unspecified atom stereocenters. The summed E-state index contributed by atoms with van der Waals surface area (Å²) in [6.45, 7) is 1.18. The van der Waals surface area contributed by atoms with E-state index in [-0.39, 0.29) is 5.78 Å². The minimum Gasteiger partial charge on any atom is -0.493 e. The molecule has 0 saturated carbocycles. The average molecular weight is 390 g/mol.